The molecule has 0 aromatic carbocycles. The first-order valence-electron chi connectivity index (χ1n) is 4.59. The van der Waals surface area contributed by atoms with Gasteiger partial charge in [0.2, 0.25) is 0 Å². The van der Waals surface area contributed by atoms with Crippen LogP contribution in [0.2, 0.25) is 0 Å². The van der Waals surface area contributed by atoms with Gasteiger partial charge in [-0.3, -0.25) is 9.69 Å². The largest absolute Gasteiger partial charge is 0.423 e. The van der Waals surface area contributed by atoms with E-state index in [-0.39, 0.29) is 12.1 Å². The molecule has 0 spiro atoms. The van der Waals surface area contributed by atoms with E-state index in [9.17, 15) is 9.59 Å². The van der Waals surface area contributed by atoms with Crippen molar-refractivity contribution < 1.29 is 19.1 Å². The van der Waals surface area contributed by atoms with E-state index in [1.807, 2.05) is 13.8 Å². The van der Waals surface area contributed by atoms with Crippen molar-refractivity contribution in [1.82, 2.24) is 4.90 Å². The minimum absolute atomic E-state index is 0.0399. The molecule has 1 aliphatic rings. The molecule has 1 amide bonds. The lowest BCUT2D eigenvalue weighted by molar-refractivity contribution is -0.163. The van der Waals surface area contributed by atoms with E-state index >= 15 is 0 Å². The number of carbonyl (C=O) groups excluding carboxylic acids is 2. The number of nitrogens with zero attached hydrogens (tertiary/aromatic N) is 1. The Morgan fingerprint density at radius 1 is 1.57 bits per heavy atom. The van der Waals surface area contributed by atoms with E-state index in [4.69, 9.17) is 9.47 Å². The van der Waals surface area contributed by atoms with Crippen LogP contribution in [-0.4, -0.2) is 35.3 Å². The summed E-state index contributed by atoms with van der Waals surface area (Å²) in [6.45, 7) is 6.85. The summed E-state index contributed by atoms with van der Waals surface area (Å²) in [6, 6.07) is -0.190. The van der Waals surface area contributed by atoms with Crippen molar-refractivity contribution in [2.24, 2.45) is 0 Å². The van der Waals surface area contributed by atoms with E-state index in [0.29, 0.717) is 0 Å². The van der Waals surface area contributed by atoms with Crippen molar-refractivity contribution >= 4 is 12.1 Å². The van der Waals surface area contributed by atoms with Gasteiger partial charge in [0.15, 0.2) is 0 Å². The van der Waals surface area contributed by atoms with Crippen molar-refractivity contribution in [2.45, 2.75) is 46.1 Å². The monoisotopic (exact) mass is 201 g/mol. The molecule has 14 heavy (non-hydrogen) atoms. The highest BCUT2D eigenvalue weighted by Crippen LogP contribution is 2.22. The van der Waals surface area contributed by atoms with Crippen LogP contribution in [0.1, 0.15) is 27.7 Å². The summed E-state index contributed by atoms with van der Waals surface area (Å²) in [5.41, 5.74) is 0. The summed E-state index contributed by atoms with van der Waals surface area (Å²) in [5, 5.41) is 0. The van der Waals surface area contributed by atoms with Crippen LogP contribution in [0.15, 0.2) is 0 Å². The minimum atomic E-state index is -0.776. The fraction of sp³-hybridized carbons (Fsp3) is 0.778. The topological polar surface area (TPSA) is 55.8 Å². The molecule has 0 aliphatic carbocycles. The highest BCUT2D eigenvalue weighted by atomic mass is 16.7. The fourth-order valence-corrected chi connectivity index (χ4v) is 1.52. The summed E-state index contributed by atoms with van der Waals surface area (Å²) in [6.07, 6.45) is -1.21. The van der Waals surface area contributed by atoms with Gasteiger partial charge in [0, 0.05) is 13.0 Å². The Kier molecular flexibility index (Phi) is 2.98. The Morgan fingerprint density at radius 2 is 2.14 bits per heavy atom. The zero-order valence-electron chi connectivity index (χ0n) is 8.81. The van der Waals surface area contributed by atoms with Crippen LogP contribution in [0.5, 0.6) is 0 Å². The molecule has 1 heterocycles. The maximum atomic E-state index is 11.3. The van der Waals surface area contributed by atoms with Crippen LogP contribution in [0.4, 0.5) is 4.79 Å². The minimum Gasteiger partial charge on any atom is -0.423 e. The molecular formula is C9H15NO4. The predicted octanol–water partition coefficient (Wildman–Crippen LogP) is 1.12. The Bertz CT molecular complexity index is 251. The first-order valence-corrected chi connectivity index (χ1v) is 4.59. The number of hydrogen-bond acceptors (Lipinski definition) is 4. The highest BCUT2D eigenvalue weighted by molar-refractivity contribution is 5.72. The van der Waals surface area contributed by atoms with Gasteiger partial charge in [0.25, 0.3) is 6.29 Å². The number of hydrogen-bond donors (Lipinski definition) is 0. The standard InChI is InChI=1S/C9H15NO4/c1-5(2)10-6(3)8(13-7(4)11)14-9(10)12/h5-6,8H,1-4H3/t6-,8?/m0/s1. The van der Waals surface area contributed by atoms with Crippen molar-refractivity contribution in [2.75, 3.05) is 0 Å². The molecule has 2 atom stereocenters. The third-order valence-corrected chi connectivity index (χ3v) is 2.10. The molecule has 1 unspecified atom stereocenters. The van der Waals surface area contributed by atoms with Gasteiger partial charge in [-0.1, -0.05) is 0 Å². The van der Waals surface area contributed by atoms with Gasteiger partial charge in [-0.25, -0.2) is 4.79 Å². The van der Waals surface area contributed by atoms with E-state index in [2.05, 4.69) is 0 Å². The normalized spacial score (nSPS) is 26.6. The molecular weight excluding hydrogens is 186 g/mol. The van der Waals surface area contributed by atoms with Crippen LogP contribution < -0.4 is 0 Å². The molecule has 0 aromatic rings. The quantitative estimate of drug-likeness (QED) is 0.628. The van der Waals surface area contributed by atoms with Crippen molar-refractivity contribution in [3.63, 3.8) is 0 Å². The van der Waals surface area contributed by atoms with Gasteiger partial charge in [0.05, 0.1) is 0 Å². The molecule has 1 fully saturated rings. The summed E-state index contributed by atoms with van der Waals surface area (Å²) in [5.74, 6) is -0.444. The van der Waals surface area contributed by atoms with Gasteiger partial charge in [-0.2, -0.15) is 0 Å². The van der Waals surface area contributed by atoms with Crippen LogP contribution in [-0.2, 0) is 14.3 Å². The van der Waals surface area contributed by atoms with Gasteiger partial charge in [-0.15, -0.1) is 0 Å². The molecule has 0 radical (unpaired) electrons. The maximum Gasteiger partial charge on any atom is 0.413 e. The number of esters is 1. The zero-order valence-corrected chi connectivity index (χ0v) is 8.81. The Balaban J connectivity index is 2.68. The van der Waals surface area contributed by atoms with Crippen LogP contribution in [0.25, 0.3) is 0 Å². The van der Waals surface area contributed by atoms with E-state index in [1.165, 1.54) is 6.92 Å². The first kappa shape index (κ1) is 10.8. The van der Waals surface area contributed by atoms with Crippen LogP contribution in [0.3, 0.4) is 0 Å². The lowest BCUT2D eigenvalue weighted by Gasteiger charge is -2.23. The molecule has 1 aliphatic heterocycles. The molecule has 0 bridgehead atoms. The van der Waals surface area contributed by atoms with Gasteiger partial charge in [-0.05, 0) is 20.8 Å². The average Bonchev–Trinajstić information content (AvgIpc) is 2.25. The number of cyclic esters (lactones) is 1. The smallest absolute Gasteiger partial charge is 0.413 e. The molecule has 0 N–H and O–H groups in total. The van der Waals surface area contributed by atoms with Crippen molar-refractivity contribution in [1.29, 1.82) is 0 Å². The molecule has 1 rings (SSSR count). The molecule has 5 heteroatoms. The number of ether oxygens (including phenoxy) is 2. The summed E-state index contributed by atoms with van der Waals surface area (Å²) >= 11 is 0. The second kappa shape index (κ2) is 3.86. The second-order valence-corrected chi connectivity index (χ2v) is 3.60. The molecule has 80 valence electrons. The Labute approximate surface area is 83.0 Å². The summed E-state index contributed by atoms with van der Waals surface area (Å²) in [7, 11) is 0. The van der Waals surface area contributed by atoms with Gasteiger partial charge < -0.3 is 9.47 Å². The van der Waals surface area contributed by atoms with Gasteiger partial charge >= 0.3 is 12.1 Å². The molecule has 0 saturated carbocycles. The molecule has 0 aromatic heterocycles. The third kappa shape index (κ3) is 1.97. The lowest BCUT2D eigenvalue weighted by Crippen LogP contribution is -2.40. The van der Waals surface area contributed by atoms with Crippen molar-refractivity contribution in [3.8, 4) is 0 Å². The lowest BCUT2D eigenvalue weighted by atomic mass is 10.2. The fourth-order valence-electron chi connectivity index (χ4n) is 1.52. The highest BCUT2D eigenvalue weighted by Gasteiger charge is 2.42. The number of carbonyl (C=O) groups is 2. The first-order chi connectivity index (χ1) is 6.43. The van der Waals surface area contributed by atoms with Crippen LogP contribution >= 0.6 is 0 Å². The predicted molar refractivity (Wildman–Crippen MR) is 48.5 cm³/mol. The SMILES string of the molecule is CC(=O)OC1OC(=O)N(C(C)C)[C@H]1C. The Morgan fingerprint density at radius 3 is 2.50 bits per heavy atom. The van der Waals surface area contributed by atoms with Gasteiger partial charge in [0.1, 0.15) is 6.04 Å². The number of amides is 1. The average molecular weight is 201 g/mol. The van der Waals surface area contributed by atoms with E-state index in [1.54, 1.807) is 11.8 Å². The van der Waals surface area contributed by atoms with Crippen LogP contribution in [0, 0.1) is 0 Å². The zero-order chi connectivity index (χ0) is 10.9. The summed E-state index contributed by atoms with van der Waals surface area (Å²) < 4.78 is 9.75. The number of rotatable bonds is 2. The molecule has 1 saturated heterocycles. The third-order valence-electron chi connectivity index (χ3n) is 2.10. The second-order valence-electron chi connectivity index (χ2n) is 3.60. The summed E-state index contributed by atoms with van der Waals surface area (Å²) in [4.78, 5) is 23.6. The van der Waals surface area contributed by atoms with E-state index < -0.39 is 18.4 Å². The molecule has 5 nitrogen and oxygen atoms in total. The van der Waals surface area contributed by atoms with Crippen molar-refractivity contribution in [3.05, 3.63) is 0 Å². The maximum absolute atomic E-state index is 11.3. The Hall–Kier alpha value is -1.26. The van der Waals surface area contributed by atoms with E-state index in [0.717, 1.165) is 0 Å².